The zero-order valence-corrected chi connectivity index (χ0v) is 10.6. The fourth-order valence-corrected chi connectivity index (χ4v) is 1.66. The van der Waals surface area contributed by atoms with Crippen LogP contribution in [0.5, 0.6) is 0 Å². The molecule has 0 atom stereocenters. The molecule has 0 saturated heterocycles. The Kier molecular flexibility index (Phi) is 5.41. The maximum absolute atomic E-state index is 12.8. The van der Waals surface area contributed by atoms with Crippen LogP contribution in [0.15, 0.2) is 29.8 Å². The minimum absolute atomic E-state index is 0.236. The van der Waals surface area contributed by atoms with Crippen molar-refractivity contribution in [3.63, 3.8) is 0 Å². The molecule has 1 aromatic rings. The van der Waals surface area contributed by atoms with Crippen LogP contribution in [0.25, 0.3) is 6.08 Å². The van der Waals surface area contributed by atoms with Gasteiger partial charge in [0.25, 0.3) is 0 Å². The van der Waals surface area contributed by atoms with Crippen molar-refractivity contribution in [2.45, 2.75) is 26.4 Å². The van der Waals surface area contributed by atoms with Gasteiger partial charge in [0, 0.05) is 6.54 Å². The highest BCUT2D eigenvalue weighted by molar-refractivity contribution is 5.57. The topological polar surface area (TPSA) is 12.0 Å². The van der Waals surface area contributed by atoms with Crippen LogP contribution in [-0.2, 0) is 6.18 Å². The SMILES string of the molecule is CCNCC(=Cc1ccccc1C(F)(F)F)CC. The second-order valence-corrected chi connectivity index (χ2v) is 4.02. The van der Waals surface area contributed by atoms with Gasteiger partial charge in [-0.25, -0.2) is 0 Å². The summed E-state index contributed by atoms with van der Waals surface area (Å²) in [5, 5.41) is 3.13. The van der Waals surface area contributed by atoms with E-state index in [4.69, 9.17) is 0 Å². The van der Waals surface area contributed by atoms with Crippen LogP contribution in [-0.4, -0.2) is 13.1 Å². The molecule has 0 spiro atoms. The van der Waals surface area contributed by atoms with Crippen LogP contribution >= 0.6 is 0 Å². The molecule has 1 rings (SSSR count). The number of benzene rings is 1. The molecule has 0 saturated carbocycles. The molecule has 0 heterocycles. The Bertz CT molecular complexity index is 408. The summed E-state index contributed by atoms with van der Waals surface area (Å²) in [6.45, 7) is 5.34. The van der Waals surface area contributed by atoms with Gasteiger partial charge in [0.15, 0.2) is 0 Å². The first kappa shape index (κ1) is 14.8. The molecule has 1 aromatic carbocycles. The van der Waals surface area contributed by atoms with Gasteiger partial charge in [0.1, 0.15) is 0 Å². The van der Waals surface area contributed by atoms with Gasteiger partial charge < -0.3 is 5.32 Å². The lowest BCUT2D eigenvalue weighted by Gasteiger charge is -2.12. The number of nitrogens with one attached hydrogen (secondary N) is 1. The van der Waals surface area contributed by atoms with Gasteiger partial charge >= 0.3 is 6.18 Å². The molecule has 0 aromatic heterocycles. The van der Waals surface area contributed by atoms with E-state index in [-0.39, 0.29) is 5.56 Å². The van der Waals surface area contributed by atoms with Gasteiger partial charge in [0.05, 0.1) is 5.56 Å². The first-order valence-electron chi connectivity index (χ1n) is 6.05. The lowest BCUT2D eigenvalue weighted by molar-refractivity contribution is -0.137. The highest BCUT2D eigenvalue weighted by atomic mass is 19.4. The van der Waals surface area contributed by atoms with Gasteiger partial charge in [-0.3, -0.25) is 0 Å². The molecule has 0 bridgehead atoms. The average molecular weight is 257 g/mol. The van der Waals surface area contributed by atoms with Crippen molar-refractivity contribution in [2.75, 3.05) is 13.1 Å². The van der Waals surface area contributed by atoms with E-state index in [1.807, 2.05) is 13.8 Å². The van der Waals surface area contributed by atoms with E-state index in [0.717, 1.165) is 24.6 Å². The molecule has 0 aliphatic rings. The summed E-state index contributed by atoms with van der Waals surface area (Å²) in [4.78, 5) is 0. The van der Waals surface area contributed by atoms with Crippen LogP contribution in [0.3, 0.4) is 0 Å². The molecule has 0 fully saturated rings. The molecule has 1 nitrogen and oxygen atoms in total. The molecule has 18 heavy (non-hydrogen) atoms. The zero-order chi connectivity index (χ0) is 13.6. The number of hydrogen-bond donors (Lipinski definition) is 1. The highest BCUT2D eigenvalue weighted by Crippen LogP contribution is 2.32. The lowest BCUT2D eigenvalue weighted by atomic mass is 10.0. The summed E-state index contributed by atoms with van der Waals surface area (Å²) in [5.74, 6) is 0. The number of alkyl halides is 3. The maximum Gasteiger partial charge on any atom is 0.416 e. The number of likely N-dealkylation sites (N-methyl/N-ethyl adjacent to an activating group) is 1. The van der Waals surface area contributed by atoms with Gasteiger partial charge in [-0.15, -0.1) is 0 Å². The Labute approximate surface area is 106 Å². The van der Waals surface area contributed by atoms with Crippen molar-refractivity contribution < 1.29 is 13.2 Å². The monoisotopic (exact) mass is 257 g/mol. The summed E-state index contributed by atoms with van der Waals surface area (Å²) in [6, 6.07) is 5.66. The zero-order valence-electron chi connectivity index (χ0n) is 10.6. The molecule has 0 radical (unpaired) electrons. The predicted molar refractivity (Wildman–Crippen MR) is 68.3 cm³/mol. The Morgan fingerprint density at radius 2 is 1.89 bits per heavy atom. The van der Waals surface area contributed by atoms with Crippen molar-refractivity contribution in [3.05, 3.63) is 41.0 Å². The van der Waals surface area contributed by atoms with E-state index >= 15 is 0 Å². The van der Waals surface area contributed by atoms with E-state index < -0.39 is 11.7 Å². The first-order chi connectivity index (χ1) is 8.49. The third-order valence-electron chi connectivity index (χ3n) is 2.68. The predicted octanol–water partition coefficient (Wildman–Crippen LogP) is 4.11. The fourth-order valence-electron chi connectivity index (χ4n) is 1.66. The summed E-state index contributed by atoms with van der Waals surface area (Å²) in [7, 11) is 0. The Morgan fingerprint density at radius 1 is 1.22 bits per heavy atom. The lowest BCUT2D eigenvalue weighted by Crippen LogP contribution is -2.16. The van der Waals surface area contributed by atoms with E-state index in [1.165, 1.54) is 12.1 Å². The van der Waals surface area contributed by atoms with Crippen molar-refractivity contribution in [3.8, 4) is 0 Å². The van der Waals surface area contributed by atoms with Crippen LogP contribution in [0.1, 0.15) is 31.4 Å². The molecule has 4 heteroatoms. The highest BCUT2D eigenvalue weighted by Gasteiger charge is 2.32. The van der Waals surface area contributed by atoms with Crippen LogP contribution < -0.4 is 5.32 Å². The van der Waals surface area contributed by atoms with Crippen LogP contribution in [0, 0.1) is 0 Å². The third kappa shape index (κ3) is 4.18. The quantitative estimate of drug-likeness (QED) is 0.837. The van der Waals surface area contributed by atoms with Gasteiger partial charge in [-0.05, 0) is 24.6 Å². The van der Waals surface area contributed by atoms with Gasteiger partial charge in [0.2, 0.25) is 0 Å². The summed E-state index contributed by atoms with van der Waals surface area (Å²) >= 11 is 0. The summed E-state index contributed by atoms with van der Waals surface area (Å²) < 4.78 is 38.4. The number of hydrogen-bond acceptors (Lipinski definition) is 1. The average Bonchev–Trinajstić information content (AvgIpc) is 2.33. The third-order valence-corrected chi connectivity index (χ3v) is 2.68. The van der Waals surface area contributed by atoms with Crippen LogP contribution in [0.2, 0.25) is 0 Å². The molecule has 1 N–H and O–H groups in total. The Hall–Kier alpha value is -1.29. The van der Waals surface area contributed by atoms with Gasteiger partial charge in [-0.1, -0.05) is 43.7 Å². The van der Waals surface area contributed by atoms with E-state index in [9.17, 15) is 13.2 Å². The minimum atomic E-state index is -4.30. The molecular formula is C14H18F3N. The largest absolute Gasteiger partial charge is 0.416 e. The molecule has 0 aliphatic carbocycles. The minimum Gasteiger partial charge on any atom is -0.313 e. The Morgan fingerprint density at radius 3 is 2.44 bits per heavy atom. The molecule has 100 valence electrons. The normalized spacial score (nSPS) is 12.8. The second-order valence-electron chi connectivity index (χ2n) is 4.02. The van der Waals surface area contributed by atoms with E-state index in [1.54, 1.807) is 12.1 Å². The van der Waals surface area contributed by atoms with Crippen LogP contribution in [0.4, 0.5) is 13.2 Å². The van der Waals surface area contributed by atoms with Crippen molar-refractivity contribution in [1.82, 2.24) is 5.32 Å². The summed E-state index contributed by atoms with van der Waals surface area (Å²) in [6.07, 6.45) is -1.94. The molecular weight excluding hydrogens is 239 g/mol. The fraction of sp³-hybridized carbons (Fsp3) is 0.429. The molecule has 0 amide bonds. The van der Waals surface area contributed by atoms with Crippen molar-refractivity contribution in [1.29, 1.82) is 0 Å². The number of rotatable bonds is 5. The first-order valence-corrected chi connectivity index (χ1v) is 6.05. The second kappa shape index (κ2) is 6.59. The van der Waals surface area contributed by atoms with Gasteiger partial charge in [-0.2, -0.15) is 13.2 Å². The number of halogens is 3. The standard InChI is InChI=1S/C14H18F3N/c1-3-11(10-18-4-2)9-12-7-5-6-8-13(12)14(15,16)17/h5-9,18H,3-4,10H2,1-2H3. The van der Waals surface area contributed by atoms with E-state index in [2.05, 4.69) is 5.32 Å². The molecule has 0 aliphatic heterocycles. The Balaban J connectivity index is 3.05. The van der Waals surface area contributed by atoms with Crippen molar-refractivity contribution in [2.24, 2.45) is 0 Å². The maximum atomic E-state index is 12.8. The summed E-state index contributed by atoms with van der Waals surface area (Å²) in [5.41, 5.74) is 0.626. The van der Waals surface area contributed by atoms with E-state index in [0.29, 0.717) is 6.54 Å². The molecule has 0 unspecified atom stereocenters. The van der Waals surface area contributed by atoms with Crippen molar-refractivity contribution >= 4 is 6.08 Å². The smallest absolute Gasteiger partial charge is 0.313 e.